The Balaban J connectivity index is 1.89. The minimum Gasteiger partial charge on any atom is -0.355 e. The summed E-state index contributed by atoms with van der Waals surface area (Å²) >= 11 is 7.90. The molecule has 0 spiro atoms. The third-order valence-electron chi connectivity index (χ3n) is 5.30. The molecule has 1 unspecified atom stereocenters. The second kappa shape index (κ2) is 12.5. The molecule has 0 fully saturated rings. The third-order valence-corrected chi connectivity index (χ3v) is 6.67. The highest BCUT2D eigenvalue weighted by Gasteiger charge is 2.30. The fraction of sp³-hybridized carbons (Fsp3) is 0.259. The van der Waals surface area contributed by atoms with Gasteiger partial charge in [-0.1, -0.05) is 77.8 Å². The highest BCUT2D eigenvalue weighted by atomic mass is 35.5. The Morgan fingerprint density at radius 2 is 1.64 bits per heavy atom. The molecule has 0 radical (unpaired) electrons. The Morgan fingerprint density at radius 1 is 0.970 bits per heavy atom. The zero-order valence-electron chi connectivity index (χ0n) is 19.0. The molecule has 2 amide bonds. The van der Waals surface area contributed by atoms with Crippen molar-refractivity contribution in [2.24, 2.45) is 0 Å². The summed E-state index contributed by atoms with van der Waals surface area (Å²) in [5, 5.41) is 3.49. The lowest BCUT2D eigenvalue weighted by Crippen LogP contribution is -2.51. The maximum absolute atomic E-state index is 13.5. The molecule has 1 atom stereocenters. The van der Waals surface area contributed by atoms with Gasteiger partial charge in [0.1, 0.15) is 6.04 Å². The lowest BCUT2D eigenvalue weighted by molar-refractivity contribution is -0.139. The zero-order chi connectivity index (χ0) is 23.6. The van der Waals surface area contributed by atoms with Crippen LogP contribution in [0.1, 0.15) is 23.6 Å². The topological polar surface area (TPSA) is 49.4 Å². The van der Waals surface area contributed by atoms with Crippen molar-refractivity contribution in [2.45, 2.75) is 37.8 Å². The quantitative estimate of drug-likeness (QED) is 0.389. The number of amides is 2. The van der Waals surface area contributed by atoms with E-state index in [1.165, 1.54) is 17.3 Å². The lowest BCUT2D eigenvalue weighted by atomic mass is 10.0. The van der Waals surface area contributed by atoms with Gasteiger partial charge in [-0.15, -0.1) is 11.8 Å². The molecule has 33 heavy (non-hydrogen) atoms. The average molecular weight is 481 g/mol. The van der Waals surface area contributed by atoms with E-state index in [0.717, 1.165) is 16.0 Å². The molecule has 4 nitrogen and oxygen atoms in total. The molecule has 0 saturated carbocycles. The van der Waals surface area contributed by atoms with Gasteiger partial charge in [0.2, 0.25) is 11.8 Å². The van der Waals surface area contributed by atoms with Gasteiger partial charge in [0, 0.05) is 29.4 Å². The number of hydrogen-bond donors (Lipinski definition) is 1. The summed E-state index contributed by atoms with van der Waals surface area (Å²) in [6.45, 7) is 4.67. The van der Waals surface area contributed by atoms with Gasteiger partial charge >= 0.3 is 0 Å². The number of thioether (sulfide) groups is 1. The number of carbonyl (C=O) groups excluding carboxylic acids is 2. The van der Waals surface area contributed by atoms with Gasteiger partial charge in [-0.25, -0.2) is 0 Å². The molecule has 0 bridgehead atoms. The number of benzene rings is 3. The Kier molecular flexibility index (Phi) is 9.40. The summed E-state index contributed by atoms with van der Waals surface area (Å²) in [6, 6.07) is 24.7. The first-order valence-corrected chi connectivity index (χ1v) is 12.4. The molecule has 0 saturated heterocycles. The van der Waals surface area contributed by atoms with Crippen molar-refractivity contribution in [1.82, 2.24) is 10.2 Å². The molecule has 3 aromatic rings. The number of aryl methyl sites for hydroxylation is 1. The van der Waals surface area contributed by atoms with Crippen molar-refractivity contribution in [3.05, 3.63) is 101 Å². The second-order valence-corrected chi connectivity index (χ2v) is 9.27. The minimum absolute atomic E-state index is 0.104. The van der Waals surface area contributed by atoms with Crippen LogP contribution in [0.2, 0.25) is 5.02 Å². The van der Waals surface area contributed by atoms with Gasteiger partial charge in [-0.2, -0.15) is 0 Å². The van der Waals surface area contributed by atoms with E-state index in [-0.39, 0.29) is 24.1 Å². The summed E-state index contributed by atoms with van der Waals surface area (Å²) in [6.07, 6.45) is 0.429. The standard InChI is InChI=1S/C27H29ClN2O2S/c1-3-29-27(32)25(17-21-9-5-4-6-10-21)30(18-22-11-7-8-12-24(22)28)26(31)19-33-23-15-13-20(2)14-16-23/h4-16,25H,3,17-19H2,1-2H3,(H,29,32). The van der Waals surface area contributed by atoms with E-state index < -0.39 is 6.04 Å². The summed E-state index contributed by atoms with van der Waals surface area (Å²) in [5.74, 6) is -0.0344. The lowest BCUT2D eigenvalue weighted by Gasteiger charge is -2.31. The fourth-order valence-electron chi connectivity index (χ4n) is 3.52. The summed E-state index contributed by atoms with van der Waals surface area (Å²) in [4.78, 5) is 29.3. The normalized spacial score (nSPS) is 11.6. The van der Waals surface area contributed by atoms with Gasteiger partial charge in [-0.05, 0) is 43.2 Å². The molecule has 0 heterocycles. The van der Waals surface area contributed by atoms with Crippen LogP contribution in [-0.4, -0.2) is 35.1 Å². The SMILES string of the molecule is CCNC(=O)C(Cc1ccccc1)N(Cc1ccccc1Cl)C(=O)CSc1ccc(C)cc1. The Bertz CT molecular complexity index is 1060. The van der Waals surface area contributed by atoms with Crippen molar-refractivity contribution in [2.75, 3.05) is 12.3 Å². The molecule has 1 N–H and O–H groups in total. The maximum Gasteiger partial charge on any atom is 0.243 e. The molecule has 172 valence electrons. The van der Waals surface area contributed by atoms with Gasteiger partial charge in [-0.3, -0.25) is 9.59 Å². The van der Waals surface area contributed by atoms with Gasteiger partial charge < -0.3 is 10.2 Å². The number of hydrogen-bond acceptors (Lipinski definition) is 3. The predicted octanol–water partition coefficient (Wildman–Crippen LogP) is 5.52. The van der Waals surface area contributed by atoms with Crippen LogP contribution in [0.25, 0.3) is 0 Å². The van der Waals surface area contributed by atoms with Crippen LogP contribution in [0.15, 0.2) is 83.8 Å². The molecular formula is C27H29ClN2O2S. The highest BCUT2D eigenvalue weighted by molar-refractivity contribution is 8.00. The Hall–Kier alpha value is -2.76. The van der Waals surface area contributed by atoms with Crippen LogP contribution in [0, 0.1) is 6.92 Å². The second-order valence-electron chi connectivity index (χ2n) is 7.81. The summed E-state index contributed by atoms with van der Waals surface area (Å²) in [7, 11) is 0. The van der Waals surface area contributed by atoms with Crippen LogP contribution in [0.3, 0.4) is 0 Å². The first-order valence-electron chi connectivity index (χ1n) is 11.0. The molecule has 3 aromatic carbocycles. The van der Waals surface area contributed by atoms with E-state index in [2.05, 4.69) is 5.32 Å². The van der Waals surface area contributed by atoms with E-state index >= 15 is 0 Å². The summed E-state index contributed by atoms with van der Waals surface area (Å²) < 4.78 is 0. The van der Waals surface area contributed by atoms with Crippen molar-refractivity contribution in [1.29, 1.82) is 0 Å². The summed E-state index contributed by atoms with van der Waals surface area (Å²) in [5.41, 5.74) is 2.98. The molecule has 6 heteroatoms. The molecule has 0 aromatic heterocycles. The van der Waals surface area contributed by atoms with Crippen LogP contribution in [0.5, 0.6) is 0 Å². The van der Waals surface area contributed by atoms with E-state index in [0.29, 0.717) is 18.0 Å². The van der Waals surface area contributed by atoms with Crippen molar-refractivity contribution < 1.29 is 9.59 Å². The number of likely N-dealkylation sites (N-methyl/N-ethyl adjacent to an activating group) is 1. The van der Waals surface area contributed by atoms with Gasteiger partial charge in [0.05, 0.1) is 5.75 Å². The highest BCUT2D eigenvalue weighted by Crippen LogP contribution is 2.23. The van der Waals surface area contributed by atoms with Crippen LogP contribution in [-0.2, 0) is 22.6 Å². The third kappa shape index (κ3) is 7.37. The average Bonchev–Trinajstić information content (AvgIpc) is 2.82. The van der Waals surface area contributed by atoms with E-state index in [1.54, 1.807) is 11.0 Å². The molecule has 3 rings (SSSR count). The van der Waals surface area contributed by atoms with Crippen molar-refractivity contribution in [3.63, 3.8) is 0 Å². The Labute approximate surface area is 205 Å². The van der Waals surface area contributed by atoms with E-state index in [4.69, 9.17) is 11.6 Å². The number of nitrogens with zero attached hydrogens (tertiary/aromatic N) is 1. The van der Waals surface area contributed by atoms with Crippen LogP contribution < -0.4 is 5.32 Å². The first-order chi connectivity index (χ1) is 16.0. The number of halogens is 1. The van der Waals surface area contributed by atoms with E-state index in [1.807, 2.05) is 86.6 Å². The molecule has 0 aliphatic heterocycles. The molecule has 0 aliphatic carbocycles. The van der Waals surface area contributed by atoms with E-state index in [9.17, 15) is 9.59 Å². The zero-order valence-corrected chi connectivity index (χ0v) is 20.5. The van der Waals surface area contributed by atoms with Crippen LogP contribution >= 0.6 is 23.4 Å². The minimum atomic E-state index is -0.644. The molecular weight excluding hydrogens is 452 g/mol. The monoisotopic (exact) mass is 480 g/mol. The number of rotatable bonds is 10. The first kappa shape index (κ1) is 24.9. The van der Waals surface area contributed by atoms with Gasteiger partial charge in [0.25, 0.3) is 0 Å². The largest absolute Gasteiger partial charge is 0.355 e. The van der Waals surface area contributed by atoms with Crippen molar-refractivity contribution in [3.8, 4) is 0 Å². The maximum atomic E-state index is 13.5. The fourth-order valence-corrected chi connectivity index (χ4v) is 4.50. The van der Waals surface area contributed by atoms with Crippen molar-refractivity contribution >= 4 is 35.2 Å². The number of nitrogens with one attached hydrogen (secondary N) is 1. The Morgan fingerprint density at radius 3 is 2.30 bits per heavy atom. The predicted molar refractivity (Wildman–Crippen MR) is 137 cm³/mol. The van der Waals surface area contributed by atoms with Gasteiger partial charge in [0.15, 0.2) is 0 Å². The van der Waals surface area contributed by atoms with Crippen LogP contribution in [0.4, 0.5) is 0 Å². The smallest absolute Gasteiger partial charge is 0.243 e. The number of carbonyl (C=O) groups is 2. The molecule has 0 aliphatic rings.